The lowest BCUT2D eigenvalue weighted by atomic mass is 9.96. The summed E-state index contributed by atoms with van der Waals surface area (Å²) in [6, 6.07) is 24.7. The second kappa shape index (κ2) is 6.99. The van der Waals surface area contributed by atoms with Crippen molar-refractivity contribution >= 4 is 21.6 Å². The van der Waals surface area contributed by atoms with Gasteiger partial charge in [-0.2, -0.15) is 5.10 Å². The van der Waals surface area contributed by atoms with E-state index in [4.69, 9.17) is 14.6 Å². The van der Waals surface area contributed by atoms with E-state index in [1.54, 1.807) is 7.11 Å². The molecule has 5 rings (SSSR count). The summed E-state index contributed by atoms with van der Waals surface area (Å²) in [7, 11) is 1.68. The van der Waals surface area contributed by atoms with Crippen LogP contribution >= 0.6 is 15.9 Å². The number of nitrogens with zero attached hydrogens (tertiary/aromatic N) is 2. The van der Waals surface area contributed by atoms with E-state index in [2.05, 4.69) is 51.3 Å². The Kier molecular flexibility index (Phi) is 4.32. The number of methoxy groups -OCH3 is 1. The van der Waals surface area contributed by atoms with Gasteiger partial charge in [0.25, 0.3) is 0 Å². The summed E-state index contributed by atoms with van der Waals surface area (Å²) in [4.78, 5) is 0. The molecule has 2 aliphatic rings. The van der Waals surface area contributed by atoms with Crippen molar-refractivity contribution in [3.8, 4) is 11.5 Å². The molecule has 0 aliphatic carbocycles. The zero-order valence-corrected chi connectivity index (χ0v) is 17.0. The molecular weight excluding hydrogens is 416 g/mol. The van der Waals surface area contributed by atoms with Crippen LogP contribution in [0.4, 0.5) is 0 Å². The average Bonchev–Trinajstić information content (AvgIpc) is 3.20. The van der Waals surface area contributed by atoms with Crippen molar-refractivity contribution in [2.45, 2.75) is 18.7 Å². The molecule has 0 saturated heterocycles. The maximum Gasteiger partial charge on any atom is 0.213 e. The van der Waals surface area contributed by atoms with Gasteiger partial charge in [0.15, 0.2) is 0 Å². The highest BCUT2D eigenvalue weighted by molar-refractivity contribution is 9.10. The summed E-state index contributed by atoms with van der Waals surface area (Å²) >= 11 is 3.60. The first-order valence-electron chi connectivity index (χ1n) is 9.24. The molecule has 0 fully saturated rings. The number of hydrogen-bond donors (Lipinski definition) is 0. The second-order valence-electron chi connectivity index (χ2n) is 6.94. The normalized spacial score (nSPS) is 20.1. The molecule has 3 aromatic carbocycles. The Labute approximate surface area is 172 Å². The van der Waals surface area contributed by atoms with Gasteiger partial charge in [0, 0.05) is 22.0 Å². The predicted octanol–water partition coefficient (Wildman–Crippen LogP) is 5.70. The van der Waals surface area contributed by atoms with E-state index in [0.717, 1.165) is 44.8 Å². The van der Waals surface area contributed by atoms with Crippen LogP contribution in [0.15, 0.2) is 82.4 Å². The topological polar surface area (TPSA) is 34.1 Å². The molecule has 0 N–H and O–H groups in total. The van der Waals surface area contributed by atoms with Crippen LogP contribution < -0.4 is 9.47 Å². The molecule has 140 valence electrons. The van der Waals surface area contributed by atoms with Crippen LogP contribution in [0, 0.1) is 0 Å². The Hall–Kier alpha value is -2.79. The summed E-state index contributed by atoms with van der Waals surface area (Å²) < 4.78 is 12.7. The minimum absolute atomic E-state index is 0.142. The highest BCUT2D eigenvalue weighted by Gasteiger charge is 2.40. The molecule has 3 aromatic rings. The van der Waals surface area contributed by atoms with E-state index in [0.29, 0.717) is 0 Å². The molecule has 5 heteroatoms. The summed E-state index contributed by atoms with van der Waals surface area (Å²) in [5.41, 5.74) is 4.43. The third-order valence-electron chi connectivity index (χ3n) is 5.26. The molecule has 0 radical (unpaired) electrons. The molecule has 2 aliphatic heterocycles. The van der Waals surface area contributed by atoms with E-state index in [9.17, 15) is 0 Å². The fourth-order valence-electron chi connectivity index (χ4n) is 3.85. The zero-order chi connectivity index (χ0) is 19.1. The van der Waals surface area contributed by atoms with Crippen LogP contribution in [0.3, 0.4) is 0 Å². The van der Waals surface area contributed by atoms with Crippen LogP contribution in [0.2, 0.25) is 0 Å². The number of fused-ring (bicyclic) bond motifs is 3. The Morgan fingerprint density at radius 2 is 1.82 bits per heavy atom. The quantitative estimate of drug-likeness (QED) is 0.529. The van der Waals surface area contributed by atoms with Crippen molar-refractivity contribution in [1.29, 1.82) is 0 Å². The highest BCUT2D eigenvalue weighted by atomic mass is 79.9. The van der Waals surface area contributed by atoms with Crippen LogP contribution in [-0.2, 0) is 0 Å². The first-order valence-corrected chi connectivity index (χ1v) is 10.0. The smallest absolute Gasteiger partial charge is 0.213 e. The summed E-state index contributed by atoms with van der Waals surface area (Å²) in [6.07, 6.45) is 0.596. The Bertz CT molecular complexity index is 1030. The molecule has 0 aromatic heterocycles. The predicted molar refractivity (Wildman–Crippen MR) is 113 cm³/mol. The lowest BCUT2D eigenvalue weighted by Crippen LogP contribution is -2.33. The van der Waals surface area contributed by atoms with Crippen molar-refractivity contribution in [2.24, 2.45) is 5.10 Å². The van der Waals surface area contributed by atoms with E-state index >= 15 is 0 Å². The third kappa shape index (κ3) is 2.96. The van der Waals surface area contributed by atoms with Gasteiger partial charge in [-0.3, -0.25) is 0 Å². The molecule has 2 atom stereocenters. The average molecular weight is 435 g/mol. The number of rotatable bonds is 3. The van der Waals surface area contributed by atoms with Crippen molar-refractivity contribution in [3.63, 3.8) is 0 Å². The summed E-state index contributed by atoms with van der Waals surface area (Å²) in [5.74, 6) is 1.77. The number of halogens is 1. The highest BCUT2D eigenvalue weighted by Crippen LogP contribution is 2.48. The number of hydrazone groups is 1. The van der Waals surface area contributed by atoms with E-state index in [-0.39, 0.29) is 12.3 Å². The minimum atomic E-state index is -0.240. The van der Waals surface area contributed by atoms with Gasteiger partial charge in [-0.15, -0.1) is 0 Å². The van der Waals surface area contributed by atoms with E-state index < -0.39 is 0 Å². The lowest BCUT2D eigenvalue weighted by Gasteiger charge is -2.38. The Balaban J connectivity index is 1.57. The van der Waals surface area contributed by atoms with Gasteiger partial charge in [-0.25, -0.2) is 5.01 Å². The maximum atomic E-state index is 6.39. The molecule has 0 unspecified atom stereocenters. The molecule has 0 saturated carbocycles. The molecule has 0 spiro atoms. The van der Waals surface area contributed by atoms with Crippen molar-refractivity contribution in [1.82, 2.24) is 5.01 Å². The number of hydrogen-bond acceptors (Lipinski definition) is 4. The zero-order valence-electron chi connectivity index (χ0n) is 15.4. The first kappa shape index (κ1) is 17.3. The lowest BCUT2D eigenvalue weighted by molar-refractivity contribution is -0.0190. The van der Waals surface area contributed by atoms with E-state index in [1.165, 1.54) is 0 Å². The van der Waals surface area contributed by atoms with Crippen LogP contribution in [0.5, 0.6) is 11.5 Å². The van der Waals surface area contributed by atoms with Crippen molar-refractivity contribution in [2.75, 3.05) is 7.11 Å². The molecule has 4 nitrogen and oxygen atoms in total. The van der Waals surface area contributed by atoms with Crippen LogP contribution in [0.1, 0.15) is 35.4 Å². The van der Waals surface area contributed by atoms with Gasteiger partial charge >= 0.3 is 0 Å². The van der Waals surface area contributed by atoms with Crippen molar-refractivity contribution in [3.05, 3.63) is 94.0 Å². The monoisotopic (exact) mass is 434 g/mol. The Morgan fingerprint density at radius 1 is 1.04 bits per heavy atom. The van der Waals surface area contributed by atoms with Crippen molar-refractivity contribution < 1.29 is 9.47 Å². The molecule has 28 heavy (non-hydrogen) atoms. The van der Waals surface area contributed by atoms with Gasteiger partial charge < -0.3 is 9.47 Å². The molecule has 0 amide bonds. The third-order valence-corrected chi connectivity index (χ3v) is 5.75. The molecular formula is C23H19BrN2O2. The van der Waals surface area contributed by atoms with Crippen LogP contribution in [-0.4, -0.2) is 17.8 Å². The van der Waals surface area contributed by atoms with Crippen LogP contribution in [0.25, 0.3) is 0 Å². The van der Waals surface area contributed by atoms with Gasteiger partial charge in [-0.1, -0.05) is 46.3 Å². The largest absolute Gasteiger partial charge is 0.497 e. The maximum absolute atomic E-state index is 6.39. The fourth-order valence-corrected chi connectivity index (χ4v) is 4.23. The van der Waals surface area contributed by atoms with Gasteiger partial charge in [0.05, 0.1) is 18.9 Å². The standard InChI is InChI=1S/C23H19BrN2O2/c1-27-18-10-7-15(8-11-18)20-14-21-19-13-17(24)9-12-22(19)28-23(26(21)25-20)16-5-3-2-4-6-16/h2-13,21,23H,14H2,1H3/t21-,23+/m1/s1. The van der Waals surface area contributed by atoms with E-state index in [1.807, 2.05) is 42.5 Å². The van der Waals surface area contributed by atoms with Gasteiger partial charge in [0.1, 0.15) is 11.5 Å². The summed E-state index contributed by atoms with van der Waals surface area (Å²) in [6.45, 7) is 0. The summed E-state index contributed by atoms with van der Waals surface area (Å²) in [5, 5.41) is 7.09. The molecule has 2 heterocycles. The first-order chi connectivity index (χ1) is 13.7. The number of ether oxygens (including phenoxy) is 2. The fraction of sp³-hybridized carbons (Fsp3) is 0.174. The molecule has 0 bridgehead atoms. The SMILES string of the molecule is COc1ccc(C2=NN3[C@H](C2)c2cc(Br)ccc2O[C@H]3c2ccccc2)cc1. The van der Waals surface area contributed by atoms with Gasteiger partial charge in [0.2, 0.25) is 6.23 Å². The second-order valence-corrected chi connectivity index (χ2v) is 7.85. The minimum Gasteiger partial charge on any atom is -0.497 e. The Morgan fingerprint density at radius 3 is 2.57 bits per heavy atom. The number of benzene rings is 3. The van der Waals surface area contributed by atoms with Gasteiger partial charge in [-0.05, 0) is 48.0 Å².